The number of aromatic nitrogens is 3. The molecule has 31 heavy (non-hydrogen) atoms. The minimum Gasteiger partial charge on any atom is -0.349 e. The molecule has 164 valence electrons. The molecule has 0 aliphatic carbocycles. The number of likely N-dealkylation sites (tertiary alicyclic amines) is 1. The molecular weight excluding hydrogens is 392 g/mol. The van der Waals surface area contributed by atoms with Crippen LogP contribution in [0.4, 0.5) is 0 Å². The van der Waals surface area contributed by atoms with Gasteiger partial charge in [0.2, 0.25) is 11.8 Å². The quantitative estimate of drug-likeness (QED) is 0.764. The number of carbonyl (C=O) groups is 2. The Labute approximate surface area is 182 Å². The summed E-state index contributed by atoms with van der Waals surface area (Å²) in [5.74, 6) is 1.59. The smallest absolute Gasteiger partial charge is 0.243 e. The molecule has 0 aromatic carbocycles. The summed E-state index contributed by atoms with van der Waals surface area (Å²) in [6.07, 6.45) is 8.83. The van der Waals surface area contributed by atoms with Crippen molar-refractivity contribution in [2.45, 2.75) is 57.8 Å². The fourth-order valence-corrected chi connectivity index (χ4v) is 5.79. The lowest BCUT2D eigenvalue weighted by atomic mass is 9.71. The van der Waals surface area contributed by atoms with Crippen LogP contribution in [-0.2, 0) is 22.7 Å². The summed E-state index contributed by atoms with van der Waals surface area (Å²) in [5, 5.41) is 3.09. The van der Waals surface area contributed by atoms with E-state index in [1.807, 2.05) is 30.2 Å². The maximum absolute atomic E-state index is 13.4. The number of amides is 2. The Morgan fingerprint density at radius 2 is 2.13 bits per heavy atom. The van der Waals surface area contributed by atoms with E-state index in [4.69, 9.17) is 0 Å². The van der Waals surface area contributed by atoms with Crippen molar-refractivity contribution in [3.8, 4) is 0 Å². The zero-order chi connectivity index (χ0) is 21.4. The summed E-state index contributed by atoms with van der Waals surface area (Å²) >= 11 is 0. The van der Waals surface area contributed by atoms with Gasteiger partial charge in [-0.15, -0.1) is 0 Å². The minimum absolute atomic E-state index is 0.0476. The Morgan fingerprint density at radius 3 is 2.94 bits per heavy atom. The standard InChI is InChI=1S/C23H30N6O2/c1-15-4-3-7-24-18(15)11-27-23(31)22-17-10-16(19-5-2-6-21(30)29(19)22)12-28(13-17)14-20-25-8-9-26-20/h3-4,7-9,16-17,19,22H,2,5-6,10-14H2,1H3,(H,25,26)(H,27,31)/t16-,17+,19-,22+/m0/s1. The third-order valence-electron chi connectivity index (χ3n) is 7.16. The second kappa shape index (κ2) is 8.42. The van der Waals surface area contributed by atoms with Crippen molar-refractivity contribution in [3.05, 3.63) is 47.8 Å². The highest BCUT2D eigenvalue weighted by Crippen LogP contribution is 2.41. The van der Waals surface area contributed by atoms with E-state index in [1.54, 1.807) is 12.4 Å². The molecule has 4 atom stereocenters. The van der Waals surface area contributed by atoms with Gasteiger partial charge < -0.3 is 15.2 Å². The number of H-pyrrole nitrogens is 1. The van der Waals surface area contributed by atoms with Gasteiger partial charge in [-0.1, -0.05) is 6.07 Å². The van der Waals surface area contributed by atoms with Crippen molar-refractivity contribution >= 4 is 11.8 Å². The molecule has 0 unspecified atom stereocenters. The van der Waals surface area contributed by atoms with Crippen molar-refractivity contribution in [2.24, 2.45) is 11.8 Å². The molecule has 2 aromatic rings. The maximum Gasteiger partial charge on any atom is 0.243 e. The Kier molecular flexibility index (Phi) is 5.48. The molecule has 3 fully saturated rings. The average Bonchev–Trinajstić information content (AvgIpc) is 3.27. The Hall–Kier alpha value is -2.74. The first-order valence-corrected chi connectivity index (χ1v) is 11.3. The number of hydrogen-bond acceptors (Lipinski definition) is 5. The maximum atomic E-state index is 13.4. The van der Waals surface area contributed by atoms with Crippen LogP contribution < -0.4 is 5.32 Å². The normalized spacial score (nSPS) is 28.3. The molecule has 2 aromatic heterocycles. The first-order valence-electron chi connectivity index (χ1n) is 11.3. The van der Waals surface area contributed by atoms with Crippen LogP contribution in [0.3, 0.4) is 0 Å². The van der Waals surface area contributed by atoms with E-state index in [9.17, 15) is 9.59 Å². The molecule has 8 nitrogen and oxygen atoms in total. The Balaban J connectivity index is 1.36. The zero-order valence-corrected chi connectivity index (χ0v) is 18.0. The Bertz CT molecular complexity index is 945. The highest BCUT2D eigenvalue weighted by atomic mass is 16.2. The molecule has 0 spiro atoms. The summed E-state index contributed by atoms with van der Waals surface area (Å²) in [6, 6.07) is 3.65. The largest absolute Gasteiger partial charge is 0.349 e. The van der Waals surface area contributed by atoms with Crippen LogP contribution in [0.2, 0.25) is 0 Å². The number of imidazole rings is 1. The van der Waals surface area contributed by atoms with Gasteiger partial charge in [0.15, 0.2) is 0 Å². The molecule has 0 radical (unpaired) electrons. The van der Waals surface area contributed by atoms with Gasteiger partial charge in [-0.2, -0.15) is 0 Å². The van der Waals surface area contributed by atoms with Crippen LogP contribution in [0.5, 0.6) is 0 Å². The molecule has 2 N–H and O–H groups in total. The van der Waals surface area contributed by atoms with Crippen LogP contribution >= 0.6 is 0 Å². The summed E-state index contributed by atoms with van der Waals surface area (Å²) < 4.78 is 0. The molecule has 3 saturated heterocycles. The predicted octanol–water partition coefficient (Wildman–Crippen LogP) is 1.63. The first kappa shape index (κ1) is 20.2. The lowest BCUT2D eigenvalue weighted by molar-refractivity contribution is -0.160. The van der Waals surface area contributed by atoms with Gasteiger partial charge in [-0.3, -0.25) is 19.5 Å². The van der Waals surface area contributed by atoms with Crippen molar-refractivity contribution < 1.29 is 9.59 Å². The highest BCUT2D eigenvalue weighted by Gasteiger charge is 2.51. The number of pyridine rings is 1. The van der Waals surface area contributed by atoms with E-state index in [2.05, 4.69) is 25.2 Å². The second-order valence-corrected chi connectivity index (χ2v) is 9.18. The predicted molar refractivity (Wildman–Crippen MR) is 115 cm³/mol. The molecule has 0 saturated carbocycles. The Morgan fingerprint density at radius 1 is 1.26 bits per heavy atom. The van der Waals surface area contributed by atoms with E-state index in [-0.39, 0.29) is 23.8 Å². The van der Waals surface area contributed by atoms with E-state index in [1.165, 1.54) is 0 Å². The van der Waals surface area contributed by atoms with E-state index >= 15 is 0 Å². The monoisotopic (exact) mass is 422 g/mol. The molecule has 5 heterocycles. The third-order valence-corrected chi connectivity index (χ3v) is 7.16. The minimum atomic E-state index is -0.405. The number of fused-ring (bicyclic) bond motifs is 4. The van der Waals surface area contributed by atoms with Gasteiger partial charge >= 0.3 is 0 Å². The SMILES string of the molecule is Cc1cccnc1CNC(=O)[C@H]1[C@@H]2C[C@@H](CN(Cc3ncc[nH]3)C2)[C@@H]2CCCC(=O)N21. The van der Waals surface area contributed by atoms with Crippen LogP contribution in [0, 0.1) is 18.8 Å². The van der Waals surface area contributed by atoms with Crippen LogP contribution in [0.25, 0.3) is 0 Å². The van der Waals surface area contributed by atoms with Gasteiger partial charge in [-0.25, -0.2) is 4.98 Å². The van der Waals surface area contributed by atoms with Crippen molar-refractivity contribution in [1.29, 1.82) is 0 Å². The molecule has 5 rings (SSSR count). The topological polar surface area (TPSA) is 94.2 Å². The summed E-state index contributed by atoms with van der Waals surface area (Å²) in [4.78, 5) is 42.7. The number of rotatable bonds is 5. The fourth-order valence-electron chi connectivity index (χ4n) is 5.79. The number of nitrogens with one attached hydrogen (secondary N) is 2. The van der Waals surface area contributed by atoms with Crippen molar-refractivity contribution in [1.82, 2.24) is 30.1 Å². The fraction of sp³-hybridized carbons (Fsp3) is 0.565. The molecule has 2 bridgehead atoms. The van der Waals surface area contributed by atoms with Crippen molar-refractivity contribution in [3.63, 3.8) is 0 Å². The zero-order valence-electron chi connectivity index (χ0n) is 18.0. The van der Waals surface area contributed by atoms with Crippen LogP contribution in [0.15, 0.2) is 30.7 Å². The lowest BCUT2D eigenvalue weighted by Gasteiger charge is -2.55. The number of piperidine rings is 3. The number of carbonyl (C=O) groups excluding carboxylic acids is 2. The third kappa shape index (κ3) is 3.96. The van der Waals surface area contributed by atoms with Crippen LogP contribution in [0.1, 0.15) is 42.8 Å². The van der Waals surface area contributed by atoms with E-state index < -0.39 is 6.04 Å². The summed E-state index contributed by atoms with van der Waals surface area (Å²) in [7, 11) is 0. The van der Waals surface area contributed by atoms with E-state index in [0.29, 0.717) is 18.9 Å². The second-order valence-electron chi connectivity index (χ2n) is 9.18. The summed E-state index contributed by atoms with van der Waals surface area (Å²) in [5.41, 5.74) is 1.93. The number of nitrogens with zero attached hydrogens (tertiary/aromatic N) is 4. The van der Waals surface area contributed by atoms with Crippen LogP contribution in [-0.4, -0.2) is 61.7 Å². The van der Waals surface area contributed by atoms with Gasteiger partial charge in [0.1, 0.15) is 11.9 Å². The van der Waals surface area contributed by atoms with Crippen molar-refractivity contribution in [2.75, 3.05) is 13.1 Å². The van der Waals surface area contributed by atoms with Gasteiger partial charge in [-0.05, 0) is 43.7 Å². The molecule has 8 heteroatoms. The van der Waals surface area contributed by atoms with E-state index in [0.717, 1.165) is 56.0 Å². The van der Waals surface area contributed by atoms with Gasteiger partial charge in [0.05, 0.1) is 18.8 Å². The number of aryl methyl sites for hydroxylation is 1. The average molecular weight is 423 g/mol. The molecule has 2 amide bonds. The molecule has 3 aliphatic heterocycles. The van der Waals surface area contributed by atoms with Gasteiger partial charge in [0.25, 0.3) is 0 Å². The highest BCUT2D eigenvalue weighted by molar-refractivity contribution is 5.89. The lowest BCUT2D eigenvalue weighted by Crippen LogP contribution is -2.68. The molecular formula is C23H30N6O2. The van der Waals surface area contributed by atoms with Gasteiger partial charge in [0, 0.05) is 50.1 Å². The number of aromatic amines is 1. The number of hydrogen-bond donors (Lipinski definition) is 2. The molecule has 3 aliphatic rings. The first-order chi connectivity index (χ1) is 15.1. The summed E-state index contributed by atoms with van der Waals surface area (Å²) in [6.45, 7) is 4.89.